The molecule has 0 spiro atoms. The number of hydrogen-bond donors (Lipinski definition) is 0. The minimum Gasteiger partial charge on any atom is -0.311 e. The molecule has 0 saturated heterocycles. The first-order valence-corrected chi connectivity index (χ1v) is 9.48. The second-order valence-electron chi connectivity index (χ2n) is 6.49. The molecule has 136 valence electrons. The van der Waals surface area contributed by atoms with Crippen LogP contribution in [0, 0.1) is 17.0 Å². The molecule has 27 heavy (non-hydrogen) atoms. The first-order valence-electron chi connectivity index (χ1n) is 8.60. The molecule has 3 aromatic rings. The second kappa shape index (κ2) is 6.92. The van der Waals surface area contributed by atoms with Crippen LogP contribution in [0.1, 0.15) is 16.1 Å². The fourth-order valence-electron chi connectivity index (χ4n) is 3.30. The fraction of sp³-hybridized carbons (Fsp3) is 0.200. The number of nitro benzene ring substituents is 1. The number of nitro groups is 1. The molecule has 0 atom stereocenters. The number of aromatic nitrogens is 1. The van der Waals surface area contributed by atoms with E-state index in [1.165, 1.54) is 12.1 Å². The quantitative estimate of drug-likeness (QED) is 0.504. The van der Waals surface area contributed by atoms with Gasteiger partial charge in [0.05, 0.1) is 27.7 Å². The van der Waals surface area contributed by atoms with E-state index in [-0.39, 0.29) is 18.0 Å². The molecule has 0 bridgehead atoms. The van der Waals surface area contributed by atoms with Gasteiger partial charge in [-0.25, -0.2) is 4.98 Å². The van der Waals surface area contributed by atoms with Crippen molar-refractivity contribution in [2.24, 2.45) is 0 Å². The molecule has 6 nitrogen and oxygen atoms in total. The highest BCUT2D eigenvalue weighted by Crippen LogP contribution is 2.32. The minimum absolute atomic E-state index is 0.0105. The van der Waals surface area contributed by atoms with Crippen molar-refractivity contribution in [3.05, 3.63) is 74.1 Å². The molecule has 1 amide bonds. The Labute approximate surface area is 160 Å². The maximum atomic E-state index is 12.8. The number of carbonyl (C=O) groups excluding carboxylic acids is 1. The molecule has 1 aliphatic heterocycles. The van der Waals surface area contributed by atoms with Gasteiger partial charge in [-0.3, -0.25) is 14.9 Å². The lowest BCUT2D eigenvalue weighted by Gasteiger charge is -2.17. The first kappa shape index (κ1) is 17.4. The van der Waals surface area contributed by atoms with Gasteiger partial charge in [-0.05, 0) is 24.5 Å². The third-order valence-corrected chi connectivity index (χ3v) is 5.47. The number of aryl methyl sites for hydroxylation is 1. The van der Waals surface area contributed by atoms with E-state index < -0.39 is 4.92 Å². The second-order valence-corrected chi connectivity index (χ2v) is 7.55. The molecule has 0 fully saturated rings. The van der Waals surface area contributed by atoms with E-state index in [9.17, 15) is 14.9 Å². The molecule has 7 heteroatoms. The smallest absolute Gasteiger partial charge is 0.271 e. The van der Waals surface area contributed by atoms with Crippen molar-refractivity contribution < 1.29 is 9.72 Å². The molecule has 1 aliphatic rings. The van der Waals surface area contributed by atoms with Gasteiger partial charge in [0.2, 0.25) is 5.91 Å². The monoisotopic (exact) mass is 379 g/mol. The molecule has 0 aliphatic carbocycles. The molecule has 2 heterocycles. The van der Waals surface area contributed by atoms with Crippen LogP contribution in [0.2, 0.25) is 0 Å². The number of fused-ring (bicyclic) bond motifs is 1. The number of non-ortho nitro benzene ring substituents is 1. The number of amides is 1. The summed E-state index contributed by atoms with van der Waals surface area (Å²) in [7, 11) is 0. The zero-order valence-electron chi connectivity index (χ0n) is 14.7. The Morgan fingerprint density at radius 2 is 2.04 bits per heavy atom. The Bertz CT molecular complexity index is 1030. The maximum absolute atomic E-state index is 12.8. The van der Waals surface area contributed by atoms with Crippen molar-refractivity contribution in [2.45, 2.75) is 19.8 Å². The van der Waals surface area contributed by atoms with E-state index in [0.717, 1.165) is 33.8 Å². The number of carbonyl (C=O) groups is 1. The zero-order valence-corrected chi connectivity index (χ0v) is 15.5. The number of anilines is 1. The van der Waals surface area contributed by atoms with Gasteiger partial charge in [-0.15, -0.1) is 11.3 Å². The standard InChI is InChI=1S/C20H17N3O3S/c1-13-21-18(12-27-13)15-4-2-14(3-5-15)10-20(24)22-9-8-16-6-7-17(23(25)26)11-19(16)22/h2-7,11-12H,8-10H2,1H3. The average Bonchev–Trinajstić information content (AvgIpc) is 3.28. The molecule has 2 aromatic carbocycles. The lowest BCUT2D eigenvalue weighted by atomic mass is 10.1. The third-order valence-electron chi connectivity index (χ3n) is 4.70. The van der Waals surface area contributed by atoms with Gasteiger partial charge in [0.15, 0.2) is 0 Å². The zero-order chi connectivity index (χ0) is 19.0. The van der Waals surface area contributed by atoms with Gasteiger partial charge in [0.25, 0.3) is 5.69 Å². The average molecular weight is 379 g/mol. The summed E-state index contributed by atoms with van der Waals surface area (Å²) < 4.78 is 0. The summed E-state index contributed by atoms with van der Waals surface area (Å²) in [5.74, 6) is -0.0495. The molecule has 4 rings (SSSR count). The highest BCUT2D eigenvalue weighted by atomic mass is 32.1. The minimum atomic E-state index is -0.430. The van der Waals surface area contributed by atoms with E-state index in [1.54, 1.807) is 22.3 Å². The summed E-state index contributed by atoms with van der Waals surface area (Å²) in [6.45, 7) is 2.53. The van der Waals surface area contributed by atoms with Crippen LogP contribution in [-0.4, -0.2) is 22.4 Å². The predicted octanol–water partition coefficient (Wildman–Crippen LogP) is 4.16. The van der Waals surface area contributed by atoms with Gasteiger partial charge in [0, 0.05) is 29.6 Å². The van der Waals surface area contributed by atoms with E-state index in [1.807, 2.05) is 36.6 Å². The number of nitrogens with zero attached hydrogens (tertiary/aromatic N) is 3. The van der Waals surface area contributed by atoms with Gasteiger partial charge in [-0.1, -0.05) is 30.3 Å². The number of hydrogen-bond acceptors (Lipinski definition) is 5. The topological polar surface area (TPSA) is 76.3 Å². The van der Waals surface area contributed by atoms with Gasteiger partial charge in [0.1, 0.15) is 0 Å². The normalized spacial score (nSPS) is 12.9. The van der Waals surface area contributed by atoms with E-state index >= 15 is 0 Å². The highest BCUT2D eigenvalue weighted by Gasteiger charge is 2.26. The van der Waals surface area contributed by atoms with Crippen LogP contribution in [0.25, 0.3) is 11.3 Å². The molecule has 1 aromatic heterocycles. The van der Waals surface area contributed by atoms with E-state index in [2.05, 4.69) is 4.98 Å². The van der Waals surface area contributed by atoms with Crippen molar-refractivity contribution in [3.63, 3.8) is 0 Å². The van der Waals surface area contributed by atoms with Crippen molar-refractivity contribution >= 4 is 28.6 Å². The largest absolute Gasteiger partial charge is 0.311 e. The Kier molecular flexibility index (Phi) is 4.45. The van der Waals surface area contributed by atoms with Crippen molar-refractivity contribution in [1.29, 1.82) is 0 Å². The molecular formula is C20H17N3O3S. The van der Waals surface area contributed by atoms with Crippen LogP contribution in [0.4, 0.5) is 11.4 Å². The number of thiazole rings is 1. The Morgan fingerprint density at radius 1 is 1.26 bits per heavy atom. The molecule has 0 unspecified atom stereocenters. The molecular weight excluding hydrogens is 362 g/mol. The van der Waals surface area contributed by atoms with Crippen LogP contribution < -0.4 is 4.90 Å². The van der Waals surface area contributed by atoms with E-state index in [4.69, 9.17) is 0 Å². The summed E-state index contributed by atoms with van der Waals surface area (Å²) in [4.78, 5) is 29.5. The first-order chi connectivity index (χ1) is 13.0. The fourth-order valence-corrected chi connectivity index (χ4v) is 3.92. The van der Waals surface area contributed by atoms with Crippen molar-refractivity contribution in [2.75, 3.05) is 11.4 Å². The van der Waals surface area contributed by atoms with Crippen LogP contribution in [0.5, 0.6) is 0 Å². The maximum Gasteiger partial charge on any atom is 0.271 e. The number of benzene rings is 2. The molecule has 0 saturated carbocycles. The van der Waals surface area contributed by atoms with Crippen molar-refractivity contribution in [3.8, 4) is 11.3 Å². The van der Waals surface area contributed by atoms with Gasteiger partial charge >= 0.3 is 0 Å². The van der Waals surface area contributed by atoms with Crippen molar-refractivity contribution in [1.82, 2.24) is 4.98 Å². The number of rotatable bonds is 4. The lowest BCUT2D eigenvalue weighted by molar-refractivity contribution is -0.384. The summed E-state index contributed by atoms with van der Waals surface area (Å²) in [6.07, 6.45) is 0.986. The van der Waals surface area contributed by atoms with Crippen LogP contribution in [0.3, 0.4) is 0 Å². The predicted molar refractivity (Wildman–Crippen MR) is 105 cm³/mol. The molecule has 0 N–H and O–H groups in total. The van der Waals surface area contributed by atoms with Gasteiger partial charge < -0.3 is 4.90 Å². The Hall–Kier alpha value is -3.06. The summed E-state index contributed by atoms with van der Waals surface area (Å²) >= 11 is 1.61. The summed E-state index contributed by atoms with van der Waals surface area (Å²) in [6, 6.07) is 12.5. The lowest BCUT2D eigenvalue weighted by Crippen LogP contribution is -2.30. The van der Waals surface area contributed by atoms with Crippen LogP contribution in [-0.2, 0) is 17.6 Å². The molecule has 0 radical (unpaired) electrons. The SMILES string of the molecule is Cc1nc(-c2ccc(CC(=O)N3CCc4ccc([N+](=O)[O-])cc43)cc2)cs1. The third kappa shape index (κ3) is 3.46. The van der Waals surface area contributed by atoms with Crippen LogP contribution >= 0.6 is 11.3 Å². The Balaban J connectivity index is 1.51. The summed E-state index contributed by atoms with van der Waals surface area (Å²) in [5.41, 5.74) is 4.52. The Morgan fingerprint density at radius 3 is 2.70 bits per heavy atom. The highest BCUT2D eigenvalue weighted by molar-refractivity contribution is 7.09. The van der Waals surface area contributed by atoms with Gasteiger partial charge in [-0.2, -0.15) is 0 Å². The van der Waals surface area contributed by atoms with E-state index in [0.29, 0.717) is 12.2 Å². The summed E-state index contributed by atoms with van der Waals surface area (Å²) in [5, 5.41) is 14.1. The van der Waals surface area contributed by atoms with Crippen LogP contribution in [0.15, 0.2) is 47.8 Å².